The Balaban J connectivity index is 1.27. The number of ether oxygens (including phenoxy) is 3. The summed E-state index contributed by atoms with van der Waals surface area (Å²) >= 11 is 6.22. The van der Waals surface area contributed by atoms with Gasteiger partial charge in [0.1, 0.15) is 35.8 Å². The van der Waals surface area contributed by atoms with Gasteiger partial charge >= 0.3 is 0 Å². The van der Waals surface area contributed by atoms with Crippen LogP contribution >= 0.6 is 11.6 Å². The monoisotopic (exact) mass is 478 g/mol. The van der Waals surface area contributed by atoms with Crippen molar-refractivity contribution in [1.82, 2.24) is 19.5 Å². The molecule has 0 radical (unpaired) electrons. The number of epoxide rings is 1. The van der Waals surface area contributed by atoms with Crippen LogP contribution in [0.4, 0.5) is 0 Å². The number of hydrogen-bond acceptors (Lipinski definition) is 7. The van der Waals surface area contributed by atoms with Gasteiger partial charge in [-0.3, -0.25) is 0 Å². The van der Waals surface area contributed by atoms with E-state index < -0.39 is 23.9 Å². The summed E-state index contributed by atoms with van der Waals surface area (Å²) in [5, 5.41) is 11.8. The molecule has 3 heterocycles. The van der Waals surface area contributed by atoms with Crippen LogP contribution in [0, 0.1) is 0 Å². The Kier molecular flexibility index (Phi) is 5.55. The van der Waals surface area contributed by atoms with E-state index in [1.165, 1.54) is 6.33 Å². The molecule has 1 N–H and O–H groups in total. The Hall–Kier alpha value is -2.88. The maximum atomic E-state index is 11.5. The Labute approximate surface area is 201 Å². The van der Waals surface area contributed by atoms with Crippen molar-refractivity contribution in [2.24, 2.45) is 0 Å². The highest BCUT2D eigenvalue weighted by molar-refractivity contribution is 6.33. The fourth-order valence-corrected chi connectivity index (χ4v) is 5.02. The van der Waals surface area contributed by atoms with Crippen molar-refractivity contribution < 1.29 is 19.3 Å². The van der Waals surface area contributed by atoms with Crippen molar-refractivity contribution in [3.05, 3.63) is 89.6 Å². The number of aromatic nitrogens is 4. The molecule has 8 nitrogen and oxygen atoms in total. The van der Waals surface area contributed by atoms with Crippen LogP contribution in [0.15, 0.2) is 73.3 Å². The zero-order chi connectivity index (χ0) is 23.1. The molecule has 2 fully saturated rings. The number of halogens is 1. The van der Waals surface area contributed by atoms with Gasteiger partial charge in [0.15, 0.2) is 10.8 Å². The number of rotatable bonds is 8. The average molecular weight is 479 g/mol. The van der Waals surface area contributed by atoms with Crippen LogP contribution < -0.4 is 0 Å². The molecule has 4 aromatic rings. The normalized spacial score (nSPS) is 27.7. The average Bonchev–Trinajstić information content (AvgIpc) is 3.35. The van der Waals surface area contributed by atoms with Crippen molar-refractivity contribution in [3.8, 4) is 0 Å². The summed E-state index contributed by atoms with van der Waals surface area (Å²) in [6.07, 6.45) is 1.38. The van der Waals surface area contributed by atoms with Gasteiger partial charge in [0.05, 0.1) is 32.2 Å². The SMILES string of the molecule is O[C@@H]1[C@@H](n2cnc3c(Cl)ncnc32)[C@H](OCc2ccccc2)[C@@H]2O[C@]12COCc1ccccc1. The number of nitrogens with zero attached hydrogens (tertiary/aromatic N) is 4. The summed E-state index contributed by atoms with van der Waals surface area (Å²) in [4.78, 5) is 12.8. The molecular formula is C25H23ClN4O4. The summed E-state index contributed by atoms with van der Waals surface area (Å²) in [5.74, 6) is 0. The molecule has 0 bridgehead atoms. The second-order valence-electron chi connectivity index (χ2n) is 8.66. The molecule has 0 amide bonds. The minimum atomic E-state index is -0.889. The van der Waals surface area contributed by atoms with Crippen LogP contribution in [-0.2, 0) is 27.4 Å². The quantitative estimate of drug-likeness (QED) is 0.306. The molecule has 1 aliphatic carbocycles. The fraction of sp³-hybridized carbons (Fsp3) is 0.320. The summed E-state index contributed by atoms with van der Waals surface area (Å²) < 4.78 is 20.2. The Morgan fingerprint density at radius 2 is 1.68 bits per heavy atom. The number of fused-ring (bicyclic) bond motifs is 2. The predicted octanol–water partition coefficient (Wildman–Crippen LogP) is 3.34. The molecule has 9 heteroatoms. The third kappa shape index (κ3) is 3.68. The molecule has 2 aliphatic rings. The summed E-state index contributed by atoms with van der Waals surface area (Å²) in [7, 11) is 0. The number of benzene rings is 2. The van der Waals surface area contributed by atoms with Gasteiger partial charge in [0.2, 0.25) is 0 Å². The second kappa shape index (κ2) is 8.72. The van der Waals surface area contributed by atoms with Crippen molar-refractivity contribution >= 4 is 22.8 Å². The number of aliphatic hydroxyl groups is 1. The first-order valence-electron chi connectivity index (χ1n) is 11.1. The van der Waals surface area contributed by atoms with Gasteiger partial charge in [-0.05, 0) is 11.1 Å². The largest absolute Gasteiger partial charge is 0.388 e. The lowest BCUT2D eigenvalue weighted by Gasteiger charge is -2.28. The minimum absolute atomic E-state index is 0.248. The van der Waals surface area contributed by atoms with Gasteiger partial charge in [-0.2, -0.15) is 0 Å². The zero-order valence-electron chi connectivity index (χ0n) is 18.2. The van der Waals surface area contributed by atoms with Gasteiger partial charge in [0.25, 0.3) is 0 Å². The highest BCUT2D eigenvalue weighted by Gasteiger charge is 2.75. The van der Waals surface area contributed by atoms with E-state index in [9.17, 15) is 5.11 Å². The molecule has 0 spiro atoms. The first-order valence-corrected chi connectivity index (χ1v) is 11.5. The van der Waals surface area contributed by atoms with Crippen molar-refractivity contribution in [1.29, 1.82) is 0 Å². The Morgan fingerprint density at radius 3 is 2.41 bits per heavy atom. The molecule has 2 aromatic heterocycles. The third-order valence-electron chi connectivity index (χ3n) is 6.59. The van der Waals surface area contributed by atoms with Gasteiger partial charge in [-0.1, -0.05) is 72.3 Å². The lowest BCUT2D eigenvalue weighted by Crippen LogP contribution is -2.39. The minimum Gasteiger partial charge on any atom is -0.388 e. The van der Waals surface area contributed by atoms with Gasteiger partial charge < -0.3 is 23.9 Å². The van der Waals surface area contributed by atoms with Gasteiger partial charge in [0, 0.05) is 0 Å². The molecule has 174 valence electrons. The smallest absolute Gasteiger partial charge is 0.165 e. The number of aliphatic hydroxyl groups excluding tert-OH is 1. The molecule has 1 saturated heterocycles. The fourth-order valence-electron chi connectivity index (χ4n) is 4.84. The summed E-state index contributed by atoms with van der Waals surface area (Å²) in [6, 6.07) is 19.4. The maximum Gasteiger partial charge on any atom is 0.165 e. The molecular weight excluding hydrogens is 456 g/mol. The van der Waals surface area contributed by atoms with E-state index in [-0.39, 0.29) is 17.9 Å². The van der Waals surface area contributed by atoms with Crippen LogP contribution in [0.25, 0.3) is 11.2 Å². The Morgan fingerprint density at radius 1 is 0.971 bits per heavy atom. The lowest BCUT2D eigenvalue weighted by molar-refractivity contribution is -0.0730. The molecule has 1 aliphatic heterocycles. The van der Waals surface area contributed by atoms with E-state index in [1.54, 1.807) is 6.33 Å². The standard InChI is InChI=1S/C25H23ClN4O4/c26-23-18-24(28-14-27-23)30(15-29-18)19-20(33-12-17-9-5-2-6-10-17)22-25(34-22,21(19)31)13-32-11-16-7-3-1-4-8-16/h1-10,14-15,19-22,31H,11-13H2/t19-,20-,21+,22-,25+/m0/s1. The van der Waals surface area contributed by atoms with E-state index in [4.69, 9.17) is 25.8 Å². The van der Waals surface area contributed by atoms with Crippen molar-refractivity contribution in [2.75, 3.05) is 6.61 Å². The van der Waals surface area contributed by atoms with Crippen molar-refractivity contribution in [3.63, 3.8) is 0 Å². The highest BCUT2D eigenvalue weighted by atomic mass is 35.5. The van der Waals surface area contributed by atoms with E-state index in [0.717, 1.165) is 11.1 Å². The van der Waals surface area contributed by atoms with E-state index in [1.807, 2.05) is 65.2 Å². The van der Waals surface area contributed by atoms with Crippen LogP contribution in [0.2, 0.25) is 5.15 Å². The van der Waals surface area contributed by atoms with Crippen LogP contribution in [-0.4, -0.2) is 55.1 Å². The molecule has 2 aromatic carbocycles. The number of imidazole rings is 1. The molecule has 6 rings (SSSR count). The van der Waals surface area contributed by atoms with E-state index >= 15 is 0 Å². The van der Waals surface area contributed by atoms with E-state index in [0.29, 0.717) is 24.4 Å². The molecule has 0 unspecified atom stereocenters. The summed E-state index contributed by atoms with van der Waals surface area (Å²) in [5.41, 5.74) is 2.26. The molecule has 5 atom stereocenters. The first-order chi connectivity index (χ1) is 16.7. The van der Waals surface area contributed by atoms with Crippen LogP contribution in [0.3, 0.4) is 0 Å². The highest BCUT2D eigenvalue weighted by Crippen LogP contribution is 2.56. The third-order valence-corrected chi connectivity index (χ3v) is 6.87. The van der Waals surface area contributed by atoms with Crippen molar-refractivity contribution in [2.45, 2.75) is 43.2 Å². The Bertz CT molecular complexity index is 1290. The van der Waals surface area contributed by atoms with Crippen LogP contribution in [0.5, 0.6) is 0 Å². The number of hydrogen-bond donors (Lipinski definition) is 1. The van der Waals surface area contributed by atoms with Gasteiger partial charge in [-0.15, -0.1) is 0 Å². The van der Waals surface area contributed by atoms with Crippen LogP contribution in [0.1, 0.15) is 17.2 Å². The van der Waals surface area contributed by atoms with E-state index in [2.05, 4.69) is 15.0 Å². The first kappa shape index (κ1) is 21.6. The lowest BCUT2D eigenvalue weighted by atomic mass is 10.0. The topological polar surface area (TPSA) is 94.8 Å². The second-order valence-corrected chi connectivity index (χ2v) is 9.01. The summed E-state index contributed by atoms with van der Waals surface area (Å²) in [6.45, 7) is 1.07. The zero-order valence-corrected chi connectivity index (χ0v) is 19.0. The molecule has 34 heavy (non-hydrogen) atoms. The van der Waals surface area contributed by atoms with Gasteiger partial charge in [-0.25, -0.2) is 15.0 Å². The molecule has 1 saturated carbocycles. The maximum absolute atomic E-state index is 11.5. The predicted molar refractivity (Wildman–Crippen MR) is 124 cm³/mol.